The second-order valence-corrected chi connectivity index (χ2v) is 15.1. The van der Waals surface area contributed by atoms with Gasteiger partial charge in [0.2, 0.25) is 0 Å². The van der Waals surface area contributed by atoms with Crippen molar-refractivity contribution in [2.45, 2.75) is 32.2 Å². The summed E-state index contributed by atoms with van der Waals surface area (Å²) in [7, 11) is 0. The summed E-state index contributed by atoms with van der Waals surface area (Å²) in [5.74, 6) is 0. The maximum Gasteiger partial charge on any atom is 0.0711 e. The Balaban J connectivity index is 1.14. The van der Waals surface area contributed by atoms with Crippen LogP contribution in [0.5, 0.6) is 0 Å². The zero-order valence-corrected chi connectivity index (χ0v) is 31.5. The molecule has 0 fully saturated rings. The van der Waals surface area contributed by atoms with E-state index in [0.29, 0.717) is 0 Å². The molecule has 3 nitrogen and oxygen atoms in total. The van der Waals surface area contributed by atoms with E-state index in [9.17, 15) is 0 Å². The third kappa shape index (κ3) is 6.18. The second kappa shape index (κ2) is 13.9. The summed E-state index contributed by atoms with van der Waals surface area (Å²) in [6, 6.07) is 62.7. The highest BCUT2D eigenvalue weighted by Crippen LogP contribution is 2.52. The van der Waals surface area contributed by atoms with Crippen LogP contribution in [-0.4, -0.2) is 10.3 Å². The summed E-state index contributed by atoms with van der Waals surface area (Å²) in [6.07, 6.45) is 2.12. The van der Waals surface area contributed by atoms with Gasteiger partial charge in [0.1, 0.15) is 0 Å². The lowest BCUT2D eigenvalue weighted by molar-refractivity contribution is 0.476. The number of rotatable bonds is 8. The lowest BCUT2D eigenvalue weighted by Crippen LogP contribution is -2.25. The molecule has 0 spiro atoms. The van der Waals surface area contributed by atoms with Crippen molar-refractivity contribution in [2.24, 2.45) is 4.99 Å². The smallest absolute Gasteiger partial charge is 0.0711 e. The molecule has 1 unspecified atom stereocenters. The van der Waals surface area contributed by atoms with Crippen molar-refractivity contribution in [3.05, 3.63) is 216 Å². The van der Waals surface area contributed by atoms with Crippen LogP contribution in [0.1, 0.15) is 54.6 Å². The Bertz CT molecular complexity index is 2730. The average molecular weight is 710 g/mol. The Morgan fingerprint density at radius 3 is 1.93 bits per heavy atom. The van der Waals surface area contributed by atoms with Gasteiger partial charge in [-0.1, -0.05) is 172 Å². The molecule has 0 amide bonds. The number of benzene rings is 7. The molecule has 7 aromatic carbocycles. The van der Waals surface area contributed by atoms with Crippen LogP contribution < -0.4 is 5.32 Å². The van der Waals surface area contributed by atoms with Gasteiger partial charge in [0, 0.05) is 44.4 Å². The molecule has 1 aromatic heterocycles. The lowest BCUT2D eigenvalue weighted by Gasteiger charge is -2.29. The minimum atomic E-state index is -0.165. The van der Waals surface area contributed by atoms with Gasteiger partial charge in [-0.05, 0) is 70.7 Å². The number of allylic oxidation sites excluding steroid dienone is 2. The van der Waals surface area contributed by atoms with Crippen LogP contribution in [0.25, 0.3) is 49.9 Å². The number of nitrogens with one attached hydrogen (secondary N) is 1. The van der Waals surface area contributed by atoms with Crippen LogP contribution in [0.2, 0.25) is 0 Å². The van der Waals surface area contributed by atoms with Gasteiger partial charge in [0.05, 0.1) is 22.8 Å². The normalized spacial score (nSPS) is 15.2. The Kier molecular flexibility index (Phi) is 8.63. The van der Waals surface area contributed by atoms with Crippen LogP contribution in [-0.2, 0) is 5.41 Å². The predicted molar refractivity (Wildman–Crippen MR) is 234 cm³/mol. The van der Waals surface area contributed by atoms with E-state index < -0.39 is 0 Å². The Morgan fingerprint density at radius 1 is 0.618 bits per heavy atom. The minimum Gasteiger partial charge on any atom is -0.377 e. The predicted octanol–water partition coefficient (Wildman–Crippen LogP) is 13.5. The highest BCUT2D eigenvalue weighted by molar-refractivity contribution is 6.12. The van der Waals surface area contributed by atoms with Crippen molar-refractivity contribution in [3.63, 3.8) is 0 Å². The number of anilines is 1. The fraction of sp³-hybridized carbons (Fsp3) is 0.0962. The summed E-state index contributed by atoms with van der Waals surface area (Å²) in [5.41, 5.74) is 15.5. The fourth-order valence-corrected chi connectivity index (χ4v) is 8.37. The van der Waals surface area contributed by atoms with Crippen LogP contribution in [0.15, 0.2) is 194 Å². The molecule has 2 heterocycles. The molecule has 8 aromatic rings. The quantitative estimate of drug-likeness (QED) is 0.124. The molecule has 1 N–H and O–H groups in total. The summed E-state index contributed by atoms with van der Waals surface area (Å²) in [6.45, 7) is 11.3. The third-order valence-corrected chi connectivity index (χ3v) is 11.2. The van der Waals surface area contributed by atoms with Crippen molar-refractivity contribution in [2.75, 3.05) is 5.32 Å². The van der Waals surface area contributed by atoms with Gasteiger partial charge in [-0.15, -0.1) is 0 Å². The molecule has 1 atom stereocenters. The van der Waals surface area contributed by atoms with Gasteiger partial charge in [0.25, 0.3) is 0 Å². The number of aromatic nitrogens is 1. The molecule has 0 bridgehead atoms. The van der Waals surface area contributed by atoms with E-state index in [2.05, 4.69) is 207 Å². The standard InChI is InChI=1S/C52H43N3/c1-35(37-24-26-40(27-25-37)39-18-10-6-11-19-39)34-47(53-36(2)38-16-8-5-9-17-38)41-28-30-43(31-29-41)55-48-23-15-14-22-44(48)45-32-33-46-49(50(45)55)52(3,4)51(54-46)42-20-12-7-13-21-42/h5-34,51,54H,1H2,2-4H3/b47-34-,53-36?. The number of fused-ring (bicyclic) bond motifs is 5. The fourth-order valence-electron chi connectivity index (χ4n) is 8.37. The molecule has 1 aliphatic heterocycles. The van der Waals surface area contributed by atoms with Crippen molar-refractivity contribution in [3.8, 4) is 16.8 Å². The first-order chi connectivity index (χ1) is 26.9. The van der Waals surface area contributed by atoms with Gasteiger partial charge in [0.15, 0.2) is 0 Å². The van der Waals surface area contributed by atoms with Gasteiger partial charge >= 0.3 is 0 Å². The van der Waals surface area contributed by atoms with E-state index in [4.69, 9.17) is 4.99 Å². The van der Waals surface area contributed by atoms with E-state index in [1.807, 2.05) is 12.1 Å². The van der Waals surface area contributed by atoms with E-state index in [-0.39, 0.29) is 11.5 Å². The summed E-state index contributed by atoms with van der Waals surface area (Å²) >= 11 is 0. The Hall–Kier alpha value is -6.71. The van der Waals surface area contributed by atoms with Gasteiger partial charge in [-0.3, -0.25) is 4.99 Å². The van der Waals surface area contributed by atoms with Crippen LogP contribution in [0.3, 0.4) is 0 Å². The van der Waals surface area contributed by atoms with E-state index >= 15 is 0 Å². The number of aliphatic imine (C=N–C) groups is 1. The molecule has 0 saturated heterocycles. The first-order valence-corrected chi connectivity index (χ1v) is 19.0. The van der Waals surface area contributed by atoms with Crippen molar-refractivity contribution < 1.29 is 0 Å². The summed E-state index contributed by atoms with van der Waals surface area (Å²) in [5, 5.41) is 6.43. The number of hydrogen-bond acceptors (Lipinski definition) is 2. The molecule has 0 aliphatic carbocycles. The second-order valence-electron chi connectivity index (χ2n) is 15.1. The Labute approximate surface area is 323 Å². The molecular formula is C52H43N3. The minimum absolute atomic E-state index is 0.157. The molecular weight excluding hydrogens is 667 g/mol. The summed E-state index contributed by atoms with van der Waals surface area (Å²) in [4.78, 5) is 5.25. The zero-order valence-electron chi connectivity index (χ0n) is 31.5. The van der Waals surface area contributed by atoms with Crippen molar-refractivity contribution in [1.29, 1.82) is 0 Å². The maximum atomic E-state index is 5.25. The van der Waals surface area contributed by atoms with E-state index in [1.54, 1.807) is 0 Å². The maximum absolute atomic E-state index is 5.25. The topological polar surface area (TPSA) is 29.3 Å². The third-order valence-electron chi connectivity index (χ3n) is 11.2. The molecule has 0 saturated carbocycles. The van der Waals surface area contributed by atoms with Crippen molar-refractivity contribution >= 4 is 44.5 Å². The molecule has 1 aliphatic rings. The highest BCUT2D eigenvalue weighted by Gasteiger charge is 2.42. The zero-order chi connectivity index (χ0) is 37.5. The Morgan fingerprint density at radius 2 is 1.22 bits per heavy atom. The van der Waals surface area contributed by atoms with E-state index in [0.717, 1.165) is 39.4 Å². The van der Waals surface area contributed by atoms with E-state index in [1.165, 1.54) is 49.7 Å². The lowest BCUT2D eigenvalue weighted by atomic mass is 9.77. The largest absolute Gasteiger partial charge is 0.377 e. The number of nitrogens with zero attached hydrogens (tertiary/aromatic N) is 2. The van der Waals surface area contributed by atoms with Gasteiger partial charge < -0.3 is 9.88 Å². The number of para-hydroxylation sites is 1. The van der Waals surface area contributed by atoms with Crippen molar-refractivity contribution in [1.82, 2.24) is 4.57 Å². The molecule has 0 radical (unpaired) electrons. The molecule has 55 heavy (non-hydrogen) atoms. The average Bonchev–Trinajstić information content (AvgIpc) is 3.72. The summed E-state index contributed by atoms with van der Waals surface area (Å²) < 4.78 is 2.46. The molecule has 9 rings (SSSR count). The van der Waals surface area contributed by atoms with Gasteiger partial charge in [-0.25, -0.2) is 0 Å². The first-order valence-electron chi connectivity index (χ1n) is 19.0. The number of hydrogen-bond donors (Lipinski definition) is 1. The SMILES string of the molecule is C=C(/C=C(\N=C(C)c1ccccc1)c1ccc(-n2c3ccccc3c3ccc4c(c32)C(C)(C)C(c2ccccc2)N4)cc1)c1ccc(-c2ccccc2)cc1. The first kappa shape index (κ1) is 34.1. The molecule has 3 heteroatoms. The monoisotopic (exact) mass is 709 g/mol. The van der Waals surface area contributed by atoms with Crippen LogP contribution in [0, 0.1) is 0 Å². The van der Waals surface area contributed by atoms with Crippen LogP contribution >= 0.6 is 0 Å². The molecule has 266 valence electrons. The highest BCUT2D eigenvalue weighted by atomic mass is 15.0. The van der Waals surface area contributed by atoms with Gasteiger partial charge in [-0.2, -0.15) is 0 Å². The van der Waals surface area contributed by atoms with Crippen LogP contribution in [0.4, 0.5) is 5.69 Å².